The van der Waals surface area contributed by atoms with Gasteiger partial charge in [0.15, 0.2) is 0 Å². The Morgan fingerprint density at radius 1 is 1.10 bits per heavy atom. The summed E-state index contributed by atoms with van der Waals surface area (Å²) in [6.45, 7) is 8.16. The maximum Gasteiger partial charge on any atom is 0.410 e. The normalized spacial score (nSPS) is 25.6. The Hall–Kier alpha value is -3.42. The molecule has 2 aliphatic heterocycles. The van der Waals surface area contributed by atoms with E-state index < -0.39 is 51.4 Å². The molecule has 0 spiro atoms. The quantitative estimate of drug-likeness (QED) is 0.140. The summed E-state index contributed by atoms with van der Waals surface area (Å²) in [5, 5.41) is 7.42. The summed E-state index contributed by atoms with van der Waals surface area (Å²) >= 11 is 6.21. The summed E-state index contributed by atoms with van der Waals surface area (Å²) < 4.78 is 55.3. The molecule has 2 heterocycles. The number of carbonyl (C=O) groups excluding carboxylic acids is 2. The first-order valence-electron chi connectivity index (χ1n) is 18.2. The molecule has 2 bridgehead atoms. The number of fused-ring (bicyclic) bond motifs is 2. The zero-order chi connectivity index (χ0) is 37.6. The molecule has 0 aromatic heterocycles. The van der Waals surface area contributed by atoms with E-state index in [1.165, 1.54) is 16.4 Å². The molecule has 2 saturated heterocycles. The van der Waals surface area contributed by atoms with Crippen LogP contribution < -0.4 is 5.32 Å². The van der Waals surface area contributed by atoms with Crippen LogP contribution in [0.1, 0.15) is 89.7 Å². The predicted molar refractivity (Wildman–Crippen MR) is 198 cm³/mol. The Balaban J connectivity index is 1.39. The Labute approximate surface area is 311 Å². The second kappa shape index (κ2) is 17.2. The molecule has 52 heavy (non-hydrogen) atoms. The number of halogens is 2. The van der Waals surface area contributed by atoms with E-state index >= 15 is 4.39 Å². The van der Waals surface area contributed by atoms with Crippen molar-refractivity contribution in [2.75, 3.05) is 30.8 Å². The van der Waals surface area contributed by atoms with Crippen molar-refractivity contribution in [2.45, 2.75) is 115 Å². The molecule has 1 N–H and O–H groups in total. The van der Waals surface area contributed by atoms with Crippen molar-refractivity contribution < 1.29 is 31.9 Å². The second-order valence-corrected chi connectivity index (χ2v) is 17.5. The lowest BCUT2D eigenvalue weighted by molar-refractivity contribution is -0.118. The van der Waals surface area contributed by atoms with Crippen molar-refractivity contribution in [3.8, 4) is 0 Å². The van der Waals surface area contributed by atoms with Crippen molar-refractivity contribution in [1.82, 2.24) is 9.21 Å². The predicted octanol–water partition coefficient (Wildman–Crippen LogP) is 7.82. The molecule has 12 nitrogen and oxygen atoms in total. The smallest absolute Gasteiger partial charge is 0.410 e. The molecule has 15 heteroatoms. The summed E-state index contributed by atoms with van der Waals surface area (Å²) in [6, 6.07) is 9.41. The largest absolute Gasteiger partial charge is 0.444 e. The molecular weight excluding hydrogens is 711 g/mol. The van der Waals surface area contributed by atoms with Gasteiger partial charge in [-0.2, -0.15) is 4.31 Å². The van der Waals surface area contributed by atoms with Crippen LogP contribution in [0.2, 0.25) is 5.02 Å². The molecule has 1 saturated carbocycles. The number of ether oxygens (including phenoxy) is 2. The highest BCUT2D eigenvalue weighted by atomic mass is 35.5. The van der Waals surface area contributed by atoms with E-state index in [1.807, 2.05) is 19.1 Å². The standard InChI is InChI=1S/C37H50ClFN6O6S/c1-5-50-29-18-13-25(14-19-29)33(24-11-15-26(38)16-12-24)34(42-43-40)35(46)41-32-10-6-9-31(39)30(32)20-17-28-22-44(36(47)51-37(2,3)4)27-8-7-21-52(48,49)45(28)23-27/h6,9-12,15-16,25,27-29,33-34H,5,7-8,13-14,17-23H2,1-4H3,(H,41,46)/t25-,27-,28+,29-,33+,34?/m1/s1. The van der Waals surface area contributed by atoms with Gasteiger partial charge in [-0.3, -0.25) is 4.79 Å². The van der Waals surface area contributed by atoms with Gasteiger partial charge in [-0.15, -0.1) is 0 Å². The number of hydrogen-bond acceptors (Lipinski definition) is 7. The van der Waals surface area contributed by atoms with Gasteiger partial charge in [0.1, 0.15) is 17.5 Å². The van der Waals surface area contributed by atoms with E-state index in [4.69, 9.17) is 21.1 Å². The van der Waals surface area contributed by atoms with Crippen LogP contribution in [0.5, 0.6) is 0 Å². The van der Waals surface area contributed by atoms with Crippen LogP contribution >= 0.6 is 11.6 Å². The highest BCUT2D eigenvalue weighted by Crippen LogP contribution is 2.41. The zero-order valence-corrected chi connectivity index (χ0v) is 31.9. The molecule has 2 unspecified atom stereocenters. The molecule has 2 amide bonds. The van der Waals surface area contributed by atoms with Crippen molar-refractivity contribution >= 4 is 39.3 Å². The Kier molecular flexibility index (Phi) is 13.1. The maximum absolute atomic E-state index is 15.6. The number of hydrogen-bond donors (Lipinski definition) is 1. The van der Waals surface area contributed by atoms with E-state index in [2.05, 4.69) is 15.3 Å². The molecule has 284 valence electrons. The number of nitrogens with one attached hydrogen (secondary N) is 1. The van der Waals surface area contributed by atoms with E-state index in [-0.39, 0.29) is 61.0 Å². The minimum atomic E-state index is -3.61. The third kappa shape index (κ3) is 9.76. The van der Waals surface area contributed by atoms with Crippen LogP contribution in [0.25, 0.3) is 10.4 Å². The number of benzene rings is 2. The molecule has 3 fully saturated rings. The lowest BCUT2D eigenvalue weighted by Gasteiger charge is -2.44. The fourth-order valence-electron chi connectivity index (χ4n) is 7.95. The first-order chi connectivity index (χ1) is 24.7. The SMILES string of the molecule is CCO[C@H]1CC[C@H]([C@H](c2ccc(Cl)cc2)C(N=[N+]=[N-])C(=O)Nc2cccc(F)c2CC[C@H]2CN(C(=O)OC(C)(C)C)[C@@H]3CCCS(=O)(=O)N2C3)CC1. The average Bonchev–Trinajstić information content (AvgIpc) is 3.21. The van der Waals surface area contributed by atoms with E-state index in [0.29, 0.717) is 24.5 Å². The zero-order valence-electron chi connectivity index (χ0n) is 30.3. The summed E-state index contributed by atoms with van der Waals surface area (Å²) in [4.78, 5) is 32.1. The van der Waals surface area contributed by atoms with Crippen LogP contribution in [0.4, 0.5) is 14.9 Å². The number of amides is 2. The topological polar surface area (TPSA) is 154 Å². The number of sulfonamides is 1. The van der Waals surface area contributed by atoms with E-state index in [9.17, 15) is 23.5 Å². The molecular formula is C37H50ClFN6O6S. The summed E-state index contributed by atoms with van der Waals surface area (Å²) in [5.41, 5.74) is 10.1. The van der Waals surface area contributed by atoms with Crippen molar-refractivity contribution in [1.29, 1.82) is 0 Å². The number of piperazine rings is 1. The number of rotatable bonds is 11. The number of anilines is 1. The number of nitrogens with zero attached hydrogens (tertiary/aromatic N) is 5. The Morgan fingerprint density at radius 2 is 1.81 bits per heavy atom. The van der Waals surface area contributed by atoms with Gasteiger partial charge in [-0.25, -0.2) is 17.6 Å². The van der Waals surface area contributed by atoms with Crippen molar-refractivity contribution in [3.05, 3.63) is 74.9 Å². The van der Waals surface area contributed by atoms with Crippen LogP contribution in [0.3, 0.4) is 0 Å². The van der Waals surface area contributed by atoms with Gasteiger partial charge < -0.3 is 19.7 Å². The van der Waals surface area contributed by atoms with Crippen LogP contribution in [-0.4, -0.2) is 84.9 Å². The van der Waals surface area contributed by atoms with Gasteiger partial charge in [0, 0.05) is 58.9 Å². The fraction of sp³-hybridized carbons (Fsp3) is 0.622. The second-order valence-electron chi connectivity index (χ2n) is 15.0. The van der Waals surface area contributed by atoms with Crippen LogP contribution in [0, 0.1) is 11.7 Å². The lowest BCUT2D eigenvalue weighted by Crippen LogP contribution is -2.60. The van der Waals surface area contributed by atoms with Gasteiger partial charge in [0.05, 0.1) is 11.9 Å². The van der Waals surface area contributed by atoms with Gasteiger partial charge in [0.25, 0.3) is 0 Å². The number of azide groups is 1. The summed E-state index contributed by atoms with van der Waals surface area (Å²) in [7, 11) is -3.61. The molecule has 5 rings (SSSR count). The third-order valence-electron chi connectivity index (χ3n) is 10.3. The molecule has 0 radical (unpaired) electrons. The van der Waals surface area contributed by atoms with Crippen LogP contribution in [0.15, 0.2) is 47.6 Å². The minimum absolute atomic E-state index is 0.00438. The summed E-state index contributed by atoms with van der Waals surface area (Å²) in [5.74, 6) is -1.66. The van der Waals surface area contributed by atoms with Crippen LogP contribution in [-0.2, 0) is 30.7 Å². The monoisotopic (exact) mass is 760 g/mol. The summed E-state index contributed by atoms with van der Waals surface area (Å²) in [6.07, 6.45) is 3.95. The lowest BCUT2D eigenvalue weighted by atomic mass is 9.72. The first kappa shape index (κ1) is 39.8. The molecule has 3 aliphatic rings. The molecule has 2 aromatic rings. The highest BCUT2D eigenvalue weighted by molar-refractivity contribution is 7.89. The average molecular weight is 761 g/mol. The molecule has 5 atom stereocenters. The van der Waals surface area contributed by atoms with Gasteiger partial charge in [0.2, 0.25) is 15.9 Å². The first-order valence-corrected chi connectivity index (χ1v) is 20.2. The van der Waals surface area contributed by atoms with Gasteiger partial charge in [-0.1, -0.05) is 34.9 Å². The van der Waals surface area contributed by atoms with Gasteiger partial charge >= 0.3 is 6.09 Å². The number of carbonyl (C=O) groups is 2. The maximum atomic E-state index is 15.6. The Bertz CT molecular complexity index is 1730. The molecule has 2 aromatic carbocycles. The van der Waals surface area contributed by atoms with Crippen molar-refractivity contribution in [3.63, 3.8) is 0 Å². The van der Waals surface area contributed by atoms with Crippen molar-refractivity contribution in [2.24, 2.45) is 11.0 Å². The molecule has 1 aliphatic carbocycles. The fourth-order valence-corrected chi connectivity index (χ4v) is 9.86. The highest BCUT2D eigenvalue weighted by Gasteiger charge is 2.44. The Morgan fingerprint density at radius 3 is 2.46 bits per heavy atom. The van der Waals surface area contributed by atoms with Gasteiger partial charge in [-0.05, 0) is 120 Å². The third-order valence-corrected chi connectivity index (χ3v) is 12.6. The minimum Gasteiger partial charge on any atom is -0.444 e. The van der Waals surface area contributed by atoms with E-state index in [1.54, 1.807) is 43.9 Å². The van der Waals surface area contributed by atoms with E-state index in [0.717, 1.165) is 31.2 Å².